The molecule has 92 valence electrons. The number of carbonyl (C=O) groups excluding carboxylic acids is 1. The lowest BCUT2D eigenvalue weighted by Gasteiger charge is -2.12. The number of rotatable bonds is 5. The standard InChI is InChI=1S/C10H12N2O5/c13-5-8(6-14)11-10(15)7-2-1-3-9(4-7)12(16)17/h1-4,8,13-14H,5-6H2,(H,11,15). The lowest BCUT2D eigenvalue weighted by atomic mass is 10.2. The van der Waals surface area contributed by atoms with Crippen LogP contribution < -0.4 is 5.32 Å². The van der Waals surface area contributed by atoms with Gasteiger partial charge in [-0.3, -0.25) is 14.9 Å². The van der Waals surface area contributed by atoms with Crippen LogP contribution in [-0.4, -0.2) is 40.3 Å². The summed E-state index contributed by atoms with van der Waals surface area (Å²) in [6.45, 7) is -0.811. The van der Waals surface area contributed by atoms with Gasteiger partial charge in [-0.2, -0.15) is 0 Å². The SMILES string of the molecule is O=C(NC(CO)CO)c1cccc([N+](=O)[O-])c1. The van der Waals surface area contributed by atoms with E-state index in [1.54, 1.807) is 0 Å². The first kappa shape index (κ1) is 13.1. The second kappa shape index (κ2) is 5.92. The van der Waals surface area contributed by atoms with Crippen molar-refractivity contribution in [1.82, 2.24) is 5.32 Å². The summed E-state index contributed by atoms with van der Waals surface area (Å²) >= 11 is 0. The Morgan fingerprint density at radius 1 is 1.41 bits per heavy atom. The molecule has 1 rings (SSSR count). The van der Waals surface area contributed by atoms with Crippen LogP contribution >= 0.6 is 0 Å². The summed E-state index contributed by atoms with van der Waals surface area (Å²) in [6.07, 6.45) is 0. The fraction of sp³-hybridized carbons (Fsp3) is 0.300. The zero-order chi connectivity index (χ0) is 12.8. The minimum absolute atomic E-state index is 0.103. The molecule has 1 amide bonds. The van der Waals surface area contributed by atoms with Gasteiger partial charge in [0.1, 0.15) is 0 Å². The average Bonchev–Trinajstić information content (AvgIpc) is 2.35. The van der Waals surface area contributed by atoms with E-state index in [2.05, 4.69) is 5.32 Å². The second-order valence-corrected chi connectivity index (χ2v) is 3.34. The van der Waals surface area contributed by atoms with Crippen molar-refractivity contribution < 1.29 is 19.9 Å². The highest BCUT2D eigenvalue weighted by molar-refractivity contribution is 5.95. The number of non-ortho nitro benzene ring substituents is 1. The molecule has 0 saturated carbocycles. The van der Waals surface area contributed by atoms with Crippen LogP contribution in [0.5, 0.6) is 0 Å². The number of nitrogens with one attached hydrogen (secondary N) is 1. The molecule has 7 nitrogen and oxygen atoms in total. The molecule has 1 aromatic rings. The lowest BCUT2D eigenvalue weighted by molar-refractivity contribution is -0.384. The van der Waals surface area contributed by atoms with E-state index in [1.807, 2.05) is 0 Å². The summed E-state index contributed by atoms with van der Waals surface area (Å²) in [7, 11) is 0. The van der Waals surface area contributed by atoms with Gasteiger partial charge in [0.2, 0.25) is 0 Å². The molecule has 0 radical (unpaired) electrons. The van der Waals surface area contributed by atoms with Gasteiger partial charge in [0, 0.05) is 17.7 Å². The Balaban J connectivity index is 2.82. The average molecular weight is 240 g/mol. The molecule has 0 aromatic heterocycles. The van der Waals surface area contributed by atoms with Crippen LogP contribution in [0.2, 0.25) is 0 Å². The highest BCUT2D eigenvalue weighted by Crippen LogP contribution is 2.12. The maximum Gasteiger partial charge on any atom is 0.270 e. The van der Waals surface area contributed by atoms with E-state index in [0.717, 1.165) is 6.07 Å². The number of benzene rings is 1. The first-order valence-corrected chi connectivity index (χ1v) is 4.85. The van der Waals surface area contributed by atoms with Gasteiger partial charge in [-0.25, -0.2) is 0 Å². The van der Waals surface area contributed by atoms with Gasteiger partial charge in [-0.05, 0) is 6.07 Å². The van der Waals surface area contributed by atoms with Crippen LogP contribution in [0.4, 0.5) is 5.69 Å². The van der Waals surface area contributed by atoms with E-state index in [-0.39, 0.29) is 11.3 Å². The smallest absolute Gasteiger partial charge is 0.270 e. The summed E-state index contributed by atoms with van der Waals surface area (Å²) < 4.78 is 0. The van der Waals surface area contributed by atoms with E-state index in [0.29, 0.717) is 0 Å². The van der Waals surface area contributed by atoms with Crippen LogP contribution in [0.1, 0.15) is 10.4 Å². The van der Waals surface area contributed by atoms with Gasteiger partial charge in [-0.15, -0.1) is 0 Å². The summed E-state index contributed by atoms with van der Waals surface area (Å²) in [4.78, 5) is 21.5. The third-order valence-electron chi connectivity index (χ3n) is 2.10. The minimum Gasteiger partial charge on any atom is -0.394 e. The Hall–Kier alpha value is -1.99. The third-order valence-corrected chi connectivity index (χ3v) is 2.10. The molecular formula is C10H12N2O5. The van der Waals surface area contributed by atoms with E-state index >= 15 is 0 Å². The van der Waals surface area contributed by atoms with E-state index in [9.17, 15) is 14.9 Å². The van der Waals surface area contributed by atoms with Crippen molar-refractivity contribution in [3.05, 3.63) is 39.9 Å². The zero-order valence-electron chi connectivity index (χ0n) is 8.87. The number of nitrogens with zero attached hydrogens (tertiary/aromatic N) is 1. The summed E-state index contributed by atoms with van der Waals surface area (Å²) in [5, 5.41) is 30.4. The van der Waals surface area contributed by atoms with Crippen LogP contribution in [0.3, 0.4) is 0 Å². The second-order valence-electron chi connectivity index (χ2n) is 3.34. The Bertz CT molecular complexity index is 417. The number of amides is 1. The van der Waals surface area contributed by atoms with Gasteiger partial charge in [0.25, 0.3) is 11.6 Å². The molecular weight excluding hydrogens is 228 g/mol. The Morgan fingerprint density at radius 2 is 2.06 bits per heavy atom. The first-order valence-electron chi connectivity index (χ1n) is 4.85. The molecule has 17 heavy (non-hydrogen) atoms. The predicted molar refractivity (Wildman–Crippen MR) is 58.5 cm³/mol. The number of hydrogen-bond acceptors (Lipinski definition) is 5. The van der Waals surface area contributed by atoms with Crippen molar-refractivity contribution in [1.29, 1.82) is 0 Å². The minimum atomic E-state index is -0.776. The first-order chi connectivity index (χ1) is 8.08. The molecule has 0 aliphatic heterocycles. The summed E-state index contributed by atoms with van der Waals surface area (Å²) in [6, 6.07) is 4.42. The van der Waals surface area contributed by atoms with Gasteiger partial charge >= 0.3 is 0 Å². The summed E-state index contributed by atoms with van der Waals surface area (Å²) in [5.41, 5.74) is -0.0895. The van der Waals surface area contributed by atoms with Crippen molar-refractivity contribution in [2.45, 2.75) is 6.04 Å². The molecule has 0 heterocycles. The molecule has 0 atom stereocenters. The van der Waals surface area contributed by atoms with Crippen LogP contribution in [-0.2, 0) is 0 Å². The Kier molecular flexibility index (Phi) is 4.56. The summed E-state index contributed by atoms with van der Waals surface area (Å²) in [5.74, 6) is -0.582. The molecule has 0 aliphatic rings. The monoisotopic (exact) mass is 240 g/mol. The van der Waals surface area contributed by atoms with E-state index in [4.69, 9.17) is 10.2 Å². The van der Waals surface area contributed by atoms with Gasteiger partial charge in [-0.1, -0.05) is 6.07 Å². The van der Waals surface area contributed by atoms with Crippen LogP contribution in [0, 0.1) is 10.1 Å². The van der Waals surface area contributed by atoms with Gasteiger partial charge in [0.05, 0.1) is 24.2 Å². The van der Waals surface area contributed by atoms with E-state index < -0.39 is 30.1 Å². The van der Waals surface area contributed by atoms with Crippen molar-refractivity contribution in [2.75, 3.05) is 13.2 Å². The fourth-order valence-corrected chi connectivity index (χ4v) is 1.18. The van der Waals surface area contributed by atoms with Crippen molar-refractivity contribution >= 4 is 11.6 Å². The third kappa shape index (κ3) is 3.51. The number of hydrogen-bond donors (Lipinski definition) is 3. The van der Waals surface area contributed by atoms with Crippen molar-refractivity contribution in [3.63, 3.8) is 0 Å². The quantitative estimate of drug-likeness (QED) is 0.482. The Morgan fingerprint density at radius 3 is 2.59 bits per heavy atom. The van der Waals surface area contributed by atoms with E-state index in [1.165, 1.54) is 18.2 Å². The number of aliphatic hydroxyl groups is 2. The topological polar surface area (TPSA) is 113 Å². The van der Waals surface area contributed by atoms with Gasteiger partial charge in [0.15, 0.2) is 0 Å². The fourth-order valence-electron chi connectivity index (χ4n) is 1.18. The number of nitro benzene ring substituents is 1. The number of carbonyl (C=O) groups is 1. The van der Waals surface area contributed by atoms with Gasteiger partial charge < -0.3 is 15.5 Å². The maximum absolute atomic E-state index is 11.6. The number of aliphatic hydroxyl groups excluding tert-OH is 2. The molecule has 0 saturated heterocycles. The molecule has 0 bridgehead atoms. The molecule has 3 N–H and O–H groups in total. The molecule has 0 spiro atoms. The maximum atomic E-state index is 11.6. The van der Waals surface area contributed by atoms with Crippen LogP contribution in [0.25, 0.3) is 0 Å². The lowest BCUT2D eigenvalue weighted by Crippen LogP contribution is -2.40. The molecule has 0 fully saturated rings. The zero-order valence-corrected chi connectivity index (χ0v) is 8.87. The largest absolute Gasteiger partial charge is 0.394 e. The molecule has 0 aliphatic carbocycles. The predicted octanol–water partition coefficient (Wildman–Crippen LogP) is -0.322. The highest BCUT2D eigenvalue weighted by Gasteiger charge is 2.14. The number of nitro groups is 1. The molecule has 0 unspecified atom stereocenters. The highest BCUT2D eigenvalue weighted by atomic mass is 16.6. The normalized spacial score (nSPS) is 10.3. The van der Waals surface area contributed by atoms with Crippen molar-refractivity contribution in [2.24, 2.45) is 0 Å². The van der Waals surface area contributed by atoms with Crippen LogP contribution in [0.15, 0.2) is 24.3 Å². The Labute approximate surface area is 96.8 Å². The molecule has 7 heteroatoms. The van der Waals surface area contributed by atoms with Crippen molar-refractivity contribution in [3.8, 4) is 0 Å². The molecule has 1 aromatic carbocycles.